The van der Waals surface area contributed by atoms with E-state index in [0.29, 0.717) is 28.6 Å². The molecular weight excluding hydrogens is 455 g/mol. The van der Waals surface area contributed by atoms with Gasteiger partial charge in [-0.2, -0.15) is 5.26 Å². The molecule has 1 saturated carbocycles. The van der Waals surface area contributed by atoms with Gasteiger partial charge in [0.2, 0.25) is 0 Å². The zero-order valence-electron chi connectivity index (χ0n) is 20.3. The highest BCUT2D eigenvalue weighted by Crippen LogP contribution is 2.29. The second-order valence-corrected chi connectivity index (χ2v) is 9.85. The van der Waals surface area contributed by atoms with Gasteiger partial charge in [0, 0.05) is 42.9 Å². The van der Waals surface area contributed by atoms with Gasteiger partial charge in [0.15, 0.2) is 0 Å². The number of amides is 1. The molecule has 5 rings (SSSR count). The van der Waals surface area contributed by atoms with Gasteiger partial charge in [-0.25, -0.2) is 9.07 Å². The van der Waals surface area contributed by atoms with Gasteiger partial charge in [-0.05, 0) is 74.4 Å². The Labute approximate surface area is 210 Å². The fraction of sp³-hybridized carbons (Fsp3) is 0.393. The SMILES string of the molecule is N#Cc1ccc(-c2cc(NCC3CCC[C@@H](N)C3)nn2-c2ccc(C(=O)N3CCCC3)cc2)cc1F. The van der Waals surface area contributed by atoms with Crippen LogP contribution in [0.25, 0.3) is 16.9 Å². The summed E-state index contributed by atoms with van der Waals surface area (Å²) >= 11 is 0. The molecule has 2 atom stereocenters. The van der Waals surface area contributed by atoms with Crippen LogP contribution in [0, 0.1) is 23.1 Å². The van der Waals surface area contributed by atoms with Crippen molar-refractivity contribution in [2.75, 3.05) is 25.0 Å². The molecule has 2 heterocycles. The summed E-state index contributed by atoms with van der Waals surface area (Å²) in [6.07, 6.45) is 6.44. The summed E-state index contributed by atoms with van der Waals surface area (Å²) in [4.78, 5) is 14.6. The number of nitriles is 1. The fourth-order valence-corrected chi connectivity index (χ4v) is 5.25. The summed E-state index contributed by atoms with van der Waals surface area (Å²) in [7, 11) is 0. The summed E-state index contributed by atoms with van der Waals surface area (Å²) in [5.41, 5.74) is 8.87. The van der Waals surface area contributed by atoms with Crippen LogP contribution in [0.5, 0.6) is 0 Å². The normalized spacial score (nSPS) is 19.8. The van der Waals surface area contributed by atoms with Crippen molar-refractivity contribution in [3.8, 4) is 23.0 Å². The van der Waals surface area contributed by atoms with Crippen LogP contribution < -0.4 is 11.1 Å². The molecule has 2 aliphatic rings. The molecule has 1 amide bonds. The van der Waals surface area contributed by atoms with Crippen molar-refractivity contribution in [1.29, 1.82) is 5.26 Å². The van der Waals surface area contributed by atoms with Gasteiger partial charge in [-0.15, -0.1) is 5.10 Å². The maximum absolute atomic E-state index is 14.5. The Kier molecular flexibility index (Phi) is 7.01. The maximum atomic E-state index is 14.5. The number of rotatable bonds is 6. The highest BCUT2D eigenvalue weighted by Gasteiger charge is 2.21. The van der Waals surface area contributed by atoms with Crippen LogP contribution in [0.1, 0.15) is 54.4 Å². The lowest BCUT2D eigenvalue weighted by Gasteiger charge is -2.26. The highest BCUT2D eigenvalue weighted by molar-refractivity contribution is 5.94. The van der Waals surface area contributed by atoms with E-state index in [1.165, 1.54) is 12.1 Å². The fourth-order valence-electron chi connectivity index (χ4n) is 5.25. The number of likely N-dealkylation sites (tertiary alicyclic amines) is 1. The lowest BCUT2D eigenvalue weighted by atomic mass is 9.86. The van der Waals surface area contributed by atoms with Crippen molar-refractivity contribution >= 4 is 11.7 Å². The number of nitrogens with one attached hydrogen (secondary N) is 1. The number of carbonyl (C=O) groups excluding carboxylic acids is 1. The molecule has 0 spiro atoms. The number of halogens is 1. The quantitative estimate of drug-likeness (QED) is 0.525. The summed E-state index contributed by atoms with van der Waals surface area (Å²) < 4.78 is 16.2. The lowest BCUT2D eigenvalue weighted by molar-refractivity contribution is 0.0793. The number of anilines is 1. The Hall–Kier alpha value is -3.70. The Morgan fingerprint density at radius 3 is 2.58 bits per heavy atom. The zero-order valence-corrected chi connectivity index (χ0v) is 20.3. The number of benzene rings is 2. The van der Waals surface area contributed by atoms with Crippen molar-refractivity contribution < 1.29 is 9.18 Å². The topological polar surface area (TPSA) is 100.0 Å². The number of aromatic nitrogens is 2. The third kappa shape index (κ3) is 5.12. The number of hydrogen-bond donors (Lipinski definition) is 2. The van der Waals surface area contributed by atoms with Crippen LogP contribution >= 0.6 is 0 Å². The largest absolute Gasteiger partial charge is 0.368 e. The predicted molar refractivity (Wildman–Crippen MR) is 137 cm³/mol. The summed E-state index contributed by atoms with van der Waals surface area (Å²) in [5.74, 6) is 0.652. The Morgan fingerprint density at radius 1 is 1.11 bits per heavy atom. The molecular formula is C28H31FN6O. The average Bonchev–Trinajstić information content (AvgIpc) is 3.58. The van der Waals surface area contributed by atoms with Crippen molar-refractivity contribution in [2.45, 2.75) is 44.6 Å². The highest BCUT2D eigenvalue weighted by atomic mass is 19.1. The van der Waals surface area contributed by atoms with E-state index in [2.05, 4.69) is 5.32 Å². The van der Waals surface area contributed by atoms with Crippen molar-refractivity contribution in [3.63, 3.8) is 0 Å². The monoisotopic (exact) mass is 486 g/mol. The second kappa shape index (κ2) is 10.5. The van der Waals surface area contributed by atoms with Gasteiger partial charge in [0.25, 0.3) is 5.91 Å². The molecule has 1 aliphatic carbocycles. The average molecular weight is 487 g/mol. The van der Waals surface area contributed by atoms with Gasteiger partial charge in [0.05, 0.1) is 16.9 Å². The van der Waals surface area contributed by atoms with E-state index in [1.54, 1.807) is 10.7 Å². The number of nitrogens with zero attached hydrogens (tertiary/aromatic N) is 4. The smallest absolute Gasteiger partial charge is 0.253 e. The maximum Gasteiger partial charge on any atom is 0.253 e. The molecule has 186 valence electrons. The molecule has 2 fully saturated rings. The first-order valence-electron chi connectivity index (χ1n) is 12.7. The number of nitrogens with two attached hydrogens (primary N) is 1. The summed E-state index contributed by atoms with van der Waals surface area (Å²) in [6, 6.07) is 16.0. The minimum Gasteiger partial charge on any atom is -0.368 e. The molecule has 1 unspecified atom stereocenters. The Bertz CT molecular complexity index is 1270. The predicted octanol–water partition coefficient (Wildman–Crippen LogP) is 4.72. The van der Waals surface area contributed by atoms with Gasteiger partial charge in [-0.3, -0.25) is 4.79 Å². The first kappa shape index (κ1) is 24.0. The minimum absolute atomic E-state index is 0.00146. The van der Waals surface area contributed by atoms with E-state index in [4.69, 9.17) is 16.1 Å². The molecule has 36 heavy (non-hydrogen) atoms. The van der Waals surface area contributed by atoms with E-state index < -0.39 is 5.82 Å². The molecule has 1 aliphatic heterocycles. The van der Waals surface area contributed by atoms with Crippen LogP contribution in [0.3, 0.4) is 0 Å². The zero-order chi connectivity index (χ0) is 25.1. The first-order chi connectivity index (χ1) is 17.5. The molecule has 3 N–H and O–H groups in total. The van der Waals surface area contributed by atoms with Crippen LogP contribution in [0.4, 0.5) is 10.2 Å². The summed E-state index contributed by atoms with van der Waals surface area (Å²) in [6.45, 7) is 2.37. The summed E-state index contributed by atoms with van der Waals surface area (Å²) in [5, 5.41) is 17.3. The molecule has 3 aromatic rings. The van der Waals surface area contributed by atoms with Gasteiger partial charge >= 0.3 is 0 Å². The molecule has 0 radical (unpaired) electrons. The Morgan fingerprint density at radius 2 is 1.89 bits per heavy atom. The molecule has 0 bridgehead atoms. The third-order valence-corrected chi connectivity index (χ3v) is 7.24. The van der Waals surface area contributed by atoms with Crippen molar-refractivity contribution in [1.82, 2.24) is 14.7 Å². The van der Waals surface area contributed by atoms with E-state index in [1.807, 2.05) is 41.3 Å². The standard InChI is InChI=1S/C28H31FN6O/c29-25-15-21(6-7-22(25)17-30)26-16-27(32-18-19-4-3-5-23(31)14-19)33-35(26)24-10-8-20(9-11-24)28(36)34-12-1-2-13-34/h6-11,15-16,19,23H,1-5,12-14,18,31H2,(H,32,33)/t19?,23-/m1/s1. The third-order valence-electron chi connectivity index (χ3n) is 7.24. The molecule has 8 heteroatoms. The van der Waals surface area contributed by atoms with E-state index in [-0.39, 0.29) is 17.5 Å². The van der Waals surface area contributed by atoms with Crippen LogP contribution in [-0.2, 0) is 0 Å². The number of carbonyl (C=O) groups is 1. The van der Waals surface area contributed by atoms with Crippen LogP contribution in [-0.4, -0.2) is 46.3 Å². The minimum atomic E-state index is -0.569. The van der Waals surface area contributed by atoms with Gasteiger partial charge in [-0.1, -0.05) is 12.5 Å². The lowest BCUT2D eigenvalue weighted by Crippen LogP contribution is -2.31. The van der Waals surface area contributed by atoms with Crippen molar-refractivity contribution in [3.05, 3.63) is 65.5 Å². The van der Waals surface area contributed by atoms with Crippen molar-refractivity contribution in [2.24, 2.45) is 11.7 Å². The molecule has 7 nitrogen and oxygen atoms in total. The molecule has 2 aromatic carbocycles. The van der Waals surface area contributed by atoms with Gasteiger partial charge in [0.1, 0.15) is 17.7 Å². The van der Waals surface area contributed by atoms with E-state index in [0.717, 1.165) is 63.8 Å². The first-order valence-corrected chi connectivity index (χ1v) is 12.7. The van der Waals surface area contributed by atoms with E-state index in [9.17, 15) is 9.18 Å². The number of hydrogen-bond acceptors (Lipinski definition) is 5. The Balaban J connectivity index is 1.43. The molecule has 1 aromatic heterocycles. The van der Waals surface area contributed by atoms with E-state index >= 15 is 0 Å². The van der Waals surface area contributed by atoms with Crippen LogP contribution in [0.2, 0.25) is 0 Å². The molecule has 1 saturated heterocycles. The van der Waals surface area contributed by atoms with Gasteiger partial charge < -0.3 is 16.0 Å². The van der Waals surface area contributed by atoms with Crippen LogP contribution in [0.15, 0.2) is 48.5 Å². The second-order valence-electron chi connectivity index (χ2n) is 9.85.